The van der Waals surface area contributed by atoms with E-state index in [1.165, 1.54) is 40.7 Å². The zero-order valence-electron chi connectivity index (χ0n) is 12.8. The van der Waals surface area contributed by atoms with Gasteiger partial charge in [-0.1, -0.05) is 6.07 Å². The Kier molecular flexibility index (Phi) is 3.29. The van der Waals surface area contributed by atoms with Gasteiger partial charge in [-0.15, -0.1) is 5.10 Å². The summed E-state index contributed by atoms with van der Waals surface area (Å²) >= 11 is 0. The second-order valence-electron chi connectivity index (χ2n) is 5.96. The summed E-state index contributed by atoms with van der Waals surface area (Å²) in [6.07, 6.45) is 8.24. The van der Waals surface area contributed by atoms with E-state index in [1.807, 2.05) is 12.4 Å². The molecular weight excluding hydrogens is 272 g/mol. The smallest absolute Gasteiger partial charge is 0.152 e. The molecule has 0 aromatic carbocycles. The van der Waals surface area contributed by atoms with Gasteiger partial charge in [-0.2, -0.15) is 0 Å². The first kappa shape index (κ1) is 13.3. The Morgan fingerprint density at radius 3 is 2.86 bits per heavy atom. The lowest BCUT2D eigenvalue weighted by Gasteiger charge is -2.04. The molecule has 0 saturated heterocycles. The molecule has 4 rings (SSSR count). The standard InChI is InChI=1S/C18H20N4/c1-13-16-6-5-15-3-2-4-17(15)22(16)21-18(13)20-12-9-14-7-10-19-11-8-14/h5-8,10-11H,2-4,9,12H2,1H3,(H,20,21). The first-order valence-electron chi connectivity index (χ1n) is 7.96. The second kappa shape index (κ2) is 5.44. The van der Waals surface area contributed by atoms with E-state index in [2.05, 4.69) is 46.0 Å². The maximum atomic E-state index is 4.81. The third-order valence-corrected chi connectivity index (χ3v) is 4.55. The van der Waals surface area contributed by atoms with Gasteiger partial charge >= 0.3 is 0 Å². The van der Waals surface area contributed by atoms with Crippen molar-refractivity contribution in [2.45, 2.75) is 32.6 Å². The largest absolute Gasteiger partial charge is 0.368 e. The number of nitrogens with zero attached hydrogens (tertiary/aromatic N) is 3. The number of hydrogen-bond donors (Lipinski definition) is 1. The fourth-order valence-corrected chi connectivity index (χ4v) is 3.31. The third-order valence-electron chi connectivity index (χ3n) is 4.55. The van der Waals surface area contributed by atoms with Crippen LogP contribution < -0.4 is 5.32 Å². The number of aromatic nitrogens is 3. The molecule has 0 atom stereocenters. The molecule has 0 fully saturated rings. The van der Waals surface area contributed by atoms with Crippen LogP contribution in [-0.4, -0.2) is 21.1 Å². The molecule has 0 saturated carbocycles. The molecule has 0 radical (unpaired) electrons. The van der Waals surface area contributed by atoms with Crippen LogP contribution in [0.5, 0.6) is 0 Å². The molecule has 4 nitrogen and oxygen atoms in total. The first-order valence-corrected chi connectivity index (χ1v) is 7.96. The van der Waals surface area contributed by atoms with Gasteiger partial charge in [-0.05, 0) is 61.9 Å². The highest BCUT2D eigenvalue weighted by atomic mass is 15.3. The molecule has 3 heterocycles. The first-order chi connectivity index (χ1) is 10.8. The lowest BCUT2D eigenvalue weighted by atomic mass is 10.2. The topological polar surface area (TPSA) is 42.2 Å². The summed E-state index contributed by atoms with van der Waals surface area (Å²) in [5.74, 6) is 1.01. The van der Waals surface area contributed by atoms with Gasteiger partial charge < -0.3 is 5.32 Å². The summed E-state index contributed by atoms with van der Waals surface area (Å²) < 4.78 is 2.15. The molecule has 1 aliphatic carbocycles. The molecule has 0 aliphatic heterocycles. The van der Waals surface area contributed by atoms with Crippen LogP contribution in [0.15, 0.2) is 36.7 Å². The van der Waals surface area contributed by atoms with Gasteiger partial charge in [-0.3, -0.25) is 4.98 Å². The van der Waals surface area contributed by atoms with Crippen LogP contribution in [-0.2, 0) is 19.3 Å². The molecule has 1 N–H and O–H groups in total. The van der Waals surface area contributed by atoms with E-state index >= 15 is 0 Å². The summed E-state index contributed by atoms with van der Waals surface area (Å²) in [4.78, 5) is 4.05. The van der Waals surface area contributed by atoms with Gasteiger partial charge in [0.1, 0.15) is 0 Å². The van der Waals surface area contributed by atoms with Crippen LogP contribution in [0.4, 0.5) is 5.82 Å². The Labute approximate surface area is 130 Å². The normalized spacial score (nSPS) is 13.5. The summed E-state index contributed by atoms with van der Waals surface area (Å²) in [7, 11) is 0. The monoisotopic (exact) mass is 292 g/mol. The fraction of sp³-hybridized carbons (Fsp3) is 0.333. The fourth-order valence-electron chi connectivity index (χ4n) is 3.31. The average molecular weight is 292 g/mol. The summed E-state index contributed by atoms with van der Waals surface area (Å²) in [6.45, 7) is 3.04. The van der Waals surface area contributed by atoms with Crippen molar-refractivity contribution in [3.63, 3.8) is 0 Å². The number of pyridine rings is 2. The number of rotatable bonds is 4. The van der Waals surface area contributed by atoms with Crippen molar-refractivity contribution in [1.29, 1.82) is 0 Å². The zero-order valence-corrected chi connectivity index (χ0v) is 12.8. The minimum absolute atomic E-state index is 0.886. The Balaban J connectivity index is 1.56. The van der Waals surface area contributed by atoms with Crippen LogP contribution >= 0.6 is 0 Å². The van der Waals surface area contributed by atoms with Crippen molar-refractivity contribution in [2.75, 3.05) is 11.9 Å². The van der Waals surface area contributed by atoms with Crippen molar-refractivity contribution in [2.24, 2.45) is 0 Å². The average Bonchev–Trinajstić information content (AvgIpc) is 3.14. The van der Waals surface area contributed by atoms with Gasteiger partial charge in [-0.25, -0.2) is 4.52 Å². The van der Waals surface area contributed by atoms with Crippen LogP contribution in [0, 0.1) is 6.92 Å². The minimum atomic E-state index is 0.886. The predicted octanol–water partition coefficient (Wildman–Crippen LogP) is 3.18. The Hall–Kier alpha value is -2.36. The highest BCUT2D eigenvalue weighted by Crippen LogP contribution is 2.27. The SMILES string of the molecule is Cc1c(NCCc2ccncc2)nn2c3c(ccc12)CCC3. The molecule has 3 aromatic rings. The van der Waals surface area contributed by atoms with Gasteiger partial charge in [0.25, 0.3) is 0 Å². The number of anilines is 1. The predicted molar refractivity (Wildman–Crippen MR) is 88.4 cm³/mol. The van der Waals surface area contributed by atoms with Crippen LogP contribution in [0.3, 0.4) is 0 Å². The summed E-state index contributed by atoms with van der Waals surface area (Å²) in [5.41, 5.74) is 6.61. The van der Waals surface area contributed by atoms with Crippen molar-refractivity contribution in [1.82, 2.24) is 14.6 Å². The highest BCUT2D eigenvalue weighted by Gasteiger charge is 2.17. The molecule has 1 aliphatic rings. The Bertz CT molecular complexity index is 805. The van der Waals surface area contributed by atoms with Gasteiger partial charge in [0.15, 0.2) is 5.82 Å². The molecule has 3 aromatic heterocycles. The van der Waals surface area contributed by atoms with Gasteiger partial charge in [0.2, 0.25) is 0 Å². The molecule has 22 heavy (non-hydrogen) atoms. The second-order valence-corrected chi connectivity index (χ2v) is 5.96. The lowest BCUT2D eigenvalue weighted by molar-refractivity contribution is 0.841. The van der Waals surface area contributed by atoms with Crippen molar-refractivity contribution < 1.29 is 0 Å². The van der Waals surface area contributed by atoms with E-state index < -0.39 is 0 Å². The van der Waals surface area contributed by atoms with Crippen LogP contribution in [0.1, 0.15) is 28.8 Å². The van der Waals surface area contributed by atoms with Crippen molar-refractivity contribution in [3.8, 4) is 0 Å². The van der Waals surface area contributed by atoms with E-state index in [9.17, 15) is 0 Å². The molecule has 0 unspecified atom stereocenters. The van der Waals surface area contributed by atoms with Crippen LogP contribution in [0.25, 0.3) is 5.52 Å². The number of fused-ring (bicyclic) bond motifs is 3. The summed E-state index contributed by atoms with van der Waals surface area (Å²) in [5, 5.41) is 8.30. The van der Waals surface area contributed by atoms with E-state index in [0.717, 1.165) is 25.2 Å². The number of nitrogens with one attached hydrogen (secondary N) is 1. The quantitative estimate of drug-likeness (QED) is 0.803. The molecule has 0 amide bonds. The number of aryl methyl sites for hydroxylation is 3. The molecule has 0 spiro atoms. The molecular formula is C18H20N4. The van der Waals surface area contributed by atoms with Crippen LogP contribution in [0.2, 0.25) is 0 Å². The Morgan fingerprint density at radius 2 is 2.00 bits per heavy atom. The van der Waals surface area contributed by atoms with E-state index in [0.29, 0.717) is 0 Å². The van der Waals surface area contributed by atoms with E-state index in [4.69, 9.17) is 5.10 Å². The van der Waals surface area contributed by atoms with E-state index in [-0.39, 0.29) is 0 Å². The van der Waals surface area contributed by atoms with Crippen molar-refractivity contribution >= 4 is 11.3 Å². The zero-order chi connectivity index (χ0) is 14.9. The maximum absolute atomic E-state index is 4.81. The highest BCUT2D eigenvalue weighted by molar-refractivity contribution is 5.66. The lowest BCUT2D eigenvalue weighted by Crippen LogP contribution is -2.06. The van der Waals surface area contributed by atoms with Crippen molar-refractivity contribution in [3.05, 3.63) is 59.0 Å². The molecule has 0 bridgehead atoms. The maximum Gasteiger partial charge on any atom is 0.152 e. The van der Waals surface area contributed by atoms with E-state index in [1.54, 1.807) is 0 Å². The summed E-state index contributed by atoms with van der Waals surface area (Å²) in [6, 6.07) is 8.60. The number of hydrogen-bond acceptors (Lipinski definition) is 3. The molecule has 4 heteroatoms. The molecule has 112 valence electrons. The minimum Gasteiger partial charge on any atom is -0.368 e. The van der Waals surface area contributed by atoms with Gasteiger partial charge in [0.05, 0.1) is 5.52 Å². The third kappa shape index (κ3) is 2.25. The van der Waals surface area contributed by atoms with Gasteiger partial charge in [0, 0.05) is 30.2 Å². The Morgan fingerprint density at radius 1 is 1.14 bits per heavy atom.